The van der Waals surface area contributed by atoms with Gasteiger partial charge in [0.15, 0.2) is 0 Å². The van der Waals surface area contributed by atoms with Crippen LogP contribution in [0.25, 0.3) is 0 Å². The van der Waals surface area contributed by atoms with Crippen molar-refractivity contribution in [1.82, 2.24) is 0 Å². The summed E-state index contributed by atoms with van der Waals surface area (Å²) in [4.78, 5) is 0. The van der Waals surface area contributed by atoms with Crippen LogP contribution < -0.4 is 0 Å². The molecule has 0 saturated heterocycles. The van der Waals surface area contributed by atoms with Gasteiger partial charge in [-0.2, -0.15) is 0 Å². The van der Waals surface area contributed by atoms with Gasteiger partial charge in [-0.1, -0.05) is 47.2 Å². The Balaban J connectivity index is 4.36. The summed E-state index contributed by atoms with van der Waals surface area (Å²) >= 11 is 2.44. The first kappa shape index (κ1) is 14.9. The predicted molar refractivity (Wildman–Crippen MR) is 79.6 cm³/mol. The fourth-order valence-corrected chi connectivity index (χ4v) is 2.61. The summed E-state index contributed by atoms with van der Waals surface area (Å²) < 4.78 is 1.25. The Hall–Kier alpha value is -0.0500. The molecule has 1 heteroatoms. The largest absolute Gasteiger partial charge is 0.103 e. The molecule has 0 aliphatic carbocycles. The van der Waals surface area contributed by atoms with Crippen LogP contribution in [-0.4, -0.2) is 4.43 Å². The smallest absolute Gasteiger partial charge is 0.000472 e. The topological polar surface area (TPSA) is 0 Å². The lowest BCUT2D eigenvalue weighted by molar-refractivity contribution is 0.264. The van der Waals surface area contributed by atoms with Gasteiger partial charge in [0.1, 0.15) is 0 Å². The second-order valence-electron chi connectivity index (χ2n) is 4.12. The Bertz CT molecular complexity index is 167. The van der Waals surface area contributed by atoms with Gasteiger partial charge in [-0.3, -0.25) is 0 Å². The first-order valence-electron chi connectivity index (χ1n) is 5.63. The molecule has 0 radical (unpaired) electrons. The third-order valence-electron chi connectivity index (χ3n) is 2.82. The van der Waals surface area contributed by atoms with E-state index in [1.54, 1.807) is 0 Å². The SMILES string of the molecule is C=CCC(CC=C)(CC=C)CCCCI. The maximum Gasteiger partial charge on any atom is -0.000472 e. The normalized spacial score (nSPS) is 11.0. The van der Waals surface area contributed by atoms with Crippen LogP contribution in [-0.2, 0) is 0 Å². The molecule has 0 aromatic carbocycles. The molecule has 0 heterocycles. The van der Waals surface area contributed by atoms with Gasteiger partial charge in [-0.25, -0.2) is 0 Å². The van der Waals surface area contributed by atoms with Crippen LogP contribution in [0.2, 0.25) is 0 Å². The van der Waals surface area contributed by atoms with Gasteiger partial charge in [0, 0.05) is 0 Å². The molecular formula is C14H23I. The first-order valence-corrected chi connectivity index (χ1v) is 7.16. The van der Waals surface area contributed by atoms with Crippen molar-refractivity contribution < 1.29 is 0 Å². The molecule has 0 bridgehead atoms. The Morgan fingerprint density at radius 1 is 0.867 bits per heavy atom. The van der Waals surface area contributed by atoms with Gasteiger partial charge in [-0.05, 0) is 41.9 Å². The minimum absolute atomic E-state index is 0.344. The number of rotatable bonds is 10. The molecule has 15 heavy (non-hydrogen) atoms. The molecule has 0 saturated carbocycles. The van der Waals surface area contributed by atoms with Gasteiger partial charge in [-0.15, -0.1) is 19.7 Å². The van der Waals surface area contributed by atoms with E-state index in [1.165, 1.54) is 23.7 Å². The van der Waals surface area contributed by atoms with E-state index in [0.717, 1.165) is 19.3 Å². The van der Waals surface area contributed by atoms with Gasteiger partial charge in [0.2, 0.25) is 0 Å². The van der Waals surface area contributed by atoms with Crippen LogP contribution >= 0.6 is 22.6 Å². The number of halogens is 1. The van der Waals surface area contributed by atoms with E-state index in [0.29, 0.717) is 5.41 Å². The molecule has 0 fully saturated rings. The van der Waals surface area contributed by atoms with Crippen LogP contribution in [0.1, 0.15) is 38.5 Å². The molecular weight excluding hydrogens is 295 g/mol. The standard InChI is InChI=1S/C14H23I/c1-4-9-14(10-5-2,11-6-3)12-7-8-13-15/h4-6H,1-3,7-13H2. The van der Waals surface area contributed by atoms with E-state index >= 15 is 0 Å². The quantitative estimate of drug-likeness (QED) is 0.222. The average molecular weight is 318 g/mol. The van der Waals surface area contributed by atoms with Crippen molar-refractivity contribution in [2.45, 2.75) is 38.5 Å². The van der Waals surface area contributed by atoms with Crippen LogP contribution in [0, 0.1) is 5.41 Å². The van der Waals surface area contributed by atoms with Gasteiger partial charge in [0.25, 0.3) is 0 Å². The van der Waals surface area contributed by atoms with Gasteiger partial charge < -0.3 is 0 Å². The summed E-state index contributed by atoms with van der Waals surface area (Å²) in [6.45, 7) is 11.6. The monoisotopic (exact) mass is 318 g/mol. The average Bonchev–Trinajstić information content (AvgIpc) is 2.19. The van der Waals surface area contributed by atoms with Crippen LogP contribution in [0.3, 0.4) is 0 Å². The third kappa shape index (κ3) is 6.18. The Kier molecular flexibility index (Phi) is 9.17. The second-order valence-corrected chi connectivity index (χ2v) is 5.20. The number of alkyl halides is 1. The summed E-state index contributed by atoms with van der Waals surface area (Å²) in [5, 5.41) is 0. The van der Waals surface area contributed by atoms with Crippen molar-refractivity contribution in [3.8, 4) is 0 Å². The van der Waals surface area contributed by atoms with Crippen molar-refractivity contribution in [2.75, 3.05) is 4.43 Å². The molecule has 0 unspecified atom stereocenters. The lowest BCUT2D eigenvalue weighted by atomic mass is 9.74. The number of allylic oxidation sites excluding steroid dienone is 3. The van der Waals surface area contributed by atoms with E-state index in [1.807, 2.05) is 18.2 Å². The van der Waals surface area contributed by atoms with Crippen molar-refractivity contribution in [3.63, 3.8) is 0 Å². The zero-order chi connectivity index (χ0) is 11.6. The molecule has 0 rings (SSSR count). The molecule has 0 aliphatic rings. The van der Waals surface area contributed by atoms with Crippen molar-refractivity contribution in [2.24, 2.45) is 5.41 Å². The third-order valence-corrected chi connectivity index (χ3v) is 3.59. The Morgan fingerprint density at radius 2 is 1.33 bits per heavy atom. The highest BCUT2D eigenvalue weighted by atomic mass is 127. The summed E-state index contributed by atoms with van der Waals surface area (Å²) in [5.41, 5.74) is 0.344. The first-order chi connectivity index (χ1) is 7.24. The number of hydrogen-bond donors (Lipinski definition) is 0. The molecule has 0 nitrogen and oxygen atoms in total. The van der Waals surface area contributed by atoms with Crippen LogP contribution in [0.5, 0.6) is 0 Å². The summed E-state index contributed by atoms with van der Waals surface area (Å²) in [5.74, 6) is 0. The zero-order valence-electron chi connectivity index (χ0n) is 9.68. The van der Waals surface area contributed by atoms with Gasteiger partial charge >= 0.3 is 0 Å². The van der Waals surface area contributed by atoms with E-state index in [-0.39, 0.29) is 0 Å². The summed E-state index contributed by atoms with van der Waals surface area (Å²) in [6, 6.07) is 0. The molecule has 0 spiro atoms. The maximum absolute atomic E-state index is 3.87. The minimum Gasteiger partial charge on any atom is -0.103 e. The lowest BCUT2D eigenvalue weighted by Gasteiger charge is -2.31. The Morgan fingerprint density at radius 3 is 1.67 bits per heavy atom. The second kappa shape index (κ2) is 9.20. The van der Waals surface area contributed by atoms with Crippen molar-refractivity contribution >= 4 is 22.6 Å². The summed E-state index contributed by atoms with van der Waals surface area (Å²) in [7, 11) is 0. The lowest BCUT2D eigenvalue weighted by Crippen LogP contribution is -2.18. The van der Waals surface area contributed by atoms with Gasteiger partial charge in [0.05, 0.1) is 0 Å². The molecule has 0 aromatic heterocycles. The highest BCUT2D eigenvalue weighted by molar-refractivity contribution is 14.1. The molecule has 0 atom stereocenters. The number of hydrogen-bond acceptors (Lipinski definition) is 0. The molecule has 86 valence electrons. The highest BCUT2D eigenvalue weighted by Gasteiger charge is 2.24. The zero-order valence-corrected chi connectivity index (χ0v) is 11.8. The number of unbranched alkanes of at least 4 members (excludes halogenated alkanes) is 1. The van der Waals surface area contributed by atoms with Crippen LogP contribution in [0.15, 0.2) is 38.0 Å². The molecule has 0 N–H and O–H groups in total. The fraction of sp³-hybridized carbons (Fsp3) is 0.571. The predicted octanol–water partition coefficient (Wildman–Crippen LogP) is 5.31. The van der Waals surface area contributed by atoms with E-state index < -0.39 is 0 Å². The highest BCUT2D eigenvalue weighted by Crippen LogP contribution is 2.37. The Labute approximate surface area is 109 Å². The van der Waals surface area contributed by atoms with E-state index in [4.69, 9.17) is 0 Å². The van der Waals surface area contributed by atoms with Crippen LogP contribution in [0.4, 0.5) is 0 Å². The fourth-order valence-electron chi connectivity index (χ4n) is 2.07. The molecule has 0 aliphatic heterocycles. The minimum atomic E-state index is 0.344. The molecule has 0 aromatic rings. The maximum atomic E-state index is 3.87. The van der Waals surface area contributed by atoms with E-state index in [2.05, 4.69) is 42.3 Å². The van der Waals surface area contributed by atoms with Crippen molar-refractivity contribution in [3.05, 3.63) is 38.0 Å². The van der Waals surface area contributed by atoms with Crippen molar-refractivity contribution in [1.29, 1.82) is 0 Å². The molecule has 0 amide bonds. The van der Waals surface area contributed by atoms with E-state index in [9.17, 15) is 0 Å². The summed E-state index contributed by atoms with van der Waals surface area (Å²) in [6.07, 6.45) is 13.2.